The third-order valence-corrected chi connectivity index (χ3v) is 7.63. The van der Waals surface area contributed by atoms with Crippen molar-refractivity contribution in [3.63, 3.8) is 0 Å². The van der Waals surface area contributed by atoms with E-state index in [-0.39, 0.29) is 0 Å². The van der Waals surface area contributed by atoms with Crippen LogP contribution in [0.1, 0.15) is 108 Å². The van der Waals surface area contributed by atoms with Gasteiger partial charge in [0.25, 0.3) is 0 Å². The summed E-state index contributed by atoms with van der Waals surface area (Å²) in [6.07, 6.45) is 21.5. The van der Waals surface area contributed by atoms with Gasteiger partial charge in [-0.15, -0.1) is 6.58 Å². The molecule has 0 bridgehead atoms. The van der Waals surface area contributed by atoms with Gasteiger partial charge in [0.05, 0.1) is 5.69 Å². The topological polar surface area (TPSA) is 12.9 Å². The number of unbranched alkanes of at least 4 members (excludes halogenated alkanes) is 4. The van der Waals surface area contributed by atoms with Gasteiger partial charge in [-0.2, -0.15) is 0 Å². The molecule has 0 aliphatic heterocycles. The summed E-state index contributed by atoms with van der Waals surface area (Å²) in [6.45, 7) is 8.64. The molecule has 0 saturated heterocycles. The Hall–Kier alpha value is -1.89. The summed E-state index contributed by atoms with van der Waals surface area (Å²) in [6, 6.07) is 13.7. The standard InChI is InChI=1S/C31H45N/c1-4-7-9-12-25-14-17-27(18-15-25)30(11-6-3)28-19-21-29(22-20-28)31-23-16-26(24-32-31)13-10-8-5-2/h6,16,19-25,27,30H,3-5,7-15,17-18H2,1-2H3/t25-,27-,30?. The van der Waals surface area contributed by atoms with E-state index in [1.54, 1.807) is 0 Å². The smallest absolute Gasteiger partial charge is 0.0702 e. The number of aromatic nitrogens is 1. The third kappa shape index (κ3) is 7.32. The van der Waals surface area contributed by atoms with Crippen LogP contribution < -0.4 is 0 Å². The molecule has 1 nitrogen and oxygen atoms in total. The number of hydrogen-bond donors (Lipinski definition) is 0. The molecule has 32 heavy (non-hydrogen) atoms. The Morgan fingerprint density at radius 2 is 1.62 bits per heavy atom. The fourth-order valence-corrected chi connectivity index (χ4v) is 5.57. The summed E-state index contributed by atoms with van der Waals surface area (Å²) in [5, 5.41) is 0. The van der Waals surface area contributed by atoms with Crippen molar-refractivity contribution in [2.45, 2.75) is 103 Å². The van der Waals surface area contributed by atoms with Crippen molar-refractivity contribution in [2.24, 2.45) is 11.8 Å². The van der Waals surface area contributed by atoms with E-state index in [2.05, 4.69) is 69.1 Å². The average molecular weight is 432 g/mol. The van der Waals surface area contributed by atoms with Crippen LogP contribution in [-0.2, 0) is 6.42 Å². The van der Waals surface area contributed by atoms with E-state index in [0.29, 0.717) is 5.92 Å². The van der Waals surface area contributed by atoms with Crippen molar-refractivity contribution >= 4 is 0 Å². The van der Waals surface area contributed by atoms with Gasteiger partial charge in [0.2, 0.25) is 0 Å². The van der Waals surface area contributed by atoms with Crippen LogP contribution in [0.4, 0.5) is 0 Å². The predicted molar refractivity (Wildman–Crippen MR) is 140 cm³/mol. The van der Waals surface area contributed by atoms with Crippen molar-refractivity contribution in [2.75, 3.05) is 0 Å². The Kier molecular flexibility index (Phi) is 10.5. The van der Waals surface area contributed by atoms with E-state index in [4.69, 9.17) is 4.98 Å². The lowest BCUT2D eigenvalue weighted by atomic mass is 9.71. The first-order valence-corrected chi connectivity index (χ1v) is 13.4. The number of rotatable bonds is 13. The first-order chi connectivity index (χ1) is 15.7. The van der Waals surface area contributed by atoms with Crippen LogP contribution in [0.15, 0.2) is 55.3 Å². The maximum Gasteiger partial charge on any atom is 0.0702 e. The molecular weight excluding hydrogens is 386 g/mol. The van der Waals surface area contributed by atoms with Crippen LogP contribution in [0.3, 0.4) is 0 Å². The highest BCUT2D eigenvalue weighted by atomic mass is 14.7. The van der Waals surface area contributed by atoms with Crippen molar-refractivity contribution in [3.05, 3.63) is 66.4 Å². The van der Waals surface area contributed by atoms with Crippen LogP contribution in [0.2, 0.25) is 0 Å². The maximum absolute atomic E-state index is 4.75. The van der Waals surface area contributed by atoms with E-state index >= 15 is 0 Å². The van der Waals surface area contributed by atoms with Gasteiger partial charge in [0, 0.05) is 11.8 Å². The Morgan fingerprint density at radius 3 is 2.25 bits per heavy atom. The quantitative estimate of drug-likeness (QED) is 0.227. The Morgan fingerprint density at radius 1 is 0.906 bits per heavy atom. The normalized spacial score (nSPS) is 19.6. The highest BCUT2D eigenvalue weighted by Gasteiger charge is 2.27. The molecule has 1 atom stereocenters. The Balaban J connectivity index is 1.59. The minimum atomic E-state index is 0.618. The maximum atomic E-state index is 4.75. The number of benzene rings is 1. The van der Waals surface area contributed by atoms with Gasteiger partial charge in [-0.25, -0.2) is 0 Å². The predicted octanol–water partition coefficient (Wildman–Crippen LogP) is 9.53. The molecule has 0 amide bonds. The molecule has 0 radical (unpaired) electrons. The van der Waals surface area contributed by atoms with E-state index in [1.165, 1.54) is 87.3 Å². The van der Waals surface area contributed by atoms with Crippen LogP contribution >= 0.6 is 0 Å². The molecule has 1 fully saturated rings. The molecule has 0 spiro atoms. The largest absolute Gasteiger partial charge is 0.256 e. The summed E-state index contributed by atoms with van der Waals surface area (Å²) in [5.74, 6) is 2.40. The van der Waals surface area contributed by atoms with Gasteiger partial charge in [0.15, 0.2) is 0 Å². The highest BCUT2D eigenvalue weighted by Crippen LogP contribution is 2.41. The zero-order chi connectivity index (χ0) is 22.6. The molecule has 1 aromatic carbocycles. The molecule has 1 aliphatic carbocycles. The van der Waals surface area contributed by atoms with Crippen LogP contribution in [0.5, 0.6) is 0 Å². The Bertz CT molecular complexity index is 765. The molecule has 1 unspecified atom stereocenters. The zero-order valence-corrected chi connectivity index (χ0v) is 20.7. The van der Waals surface area contributed by atoms with Gasteiger partial charge < -0.3 is 0 Å². The summed E-state index contributed by atoms with van der Waals surface area (Å²) in [7, 11) is 0. The summed E-state index contributed by atoms with van der Waals surface area (Å²) in [4.78, 5) is 4.75. The second-order valence-corrected chi connectivity index (χ2v) is 10.0. The van der Waals surface area contributed by atoms with E-state index in [0.717, 1.165) is 30.4 Å². The first-order valence-electron chi connectivity index (χ1n) is 13.4. The number of nitrogens with zero attached hydrogens (tertiary/aromatic N) is 1. The van der Waals surface area contributed by atoms with Crippen molar-refractivity contribution in [1.29, 1.82) is 0 Å². The van der Waals surface area contributed by atoms with E-state index in [9.17, 15) is 0 Å². The van der Waals surface area contributed by atoms with Gasteiger partial charge >= 0.3 is 0 Å². The summed E-state index contributed by atoms with van der Waals surface area (Å²) in [5.41, 5.74) is 5.16. The molecule has 1 heterocycles. The molecule has 3 rings (SSSR count). The van der Waals surface area contributed by atoms with Crippen LogP contribution in [0.25, 0.3) is 11.3 Å². The minimum absolute atomic E-state index is 0.618. The van der Waals surface area contributed by atoms with Crippen LogP contribution in [-0.4, -0.2) is 4.98 Å². The van der Waals surface area contributed by atoms with Gasteiger partial charge in [-0.1, -0.05) is 102 Å². The van der Waals surface area contributed by atoms with Gasteiger partial charge in [0.1, 0.15) is 0 Å². The van der Waals surface area contributed by atoms with Crippen molar-refractivity contribution in [1.82, 2.24) is 4.98 Å². The lowest BCUT2D eigenvalue weighted by Gasteiger charge is -2.34. The molecule has 1 aromatic heterocycles. The number of hydrogen-bond acceptors (Lipinski definition) is 1. The molecular formula is C31H45N. The number of aryl methyl sites for hydroxylation is 1. The average Bonchev–Trinajstić information content (AvgIpc) is 2.84. The van der Waals surface area contributed by atoms with E-state index in [1.807, 2.05) is 0 Å². The first kappa shape index (κ1) is 24.7. The second kappa shape index (κ2) is 13.6. The summed E-state index contributed by atoms with van der Waals surface area (Å²) >= 11 is 0. The minimum Gasteiger partial charge on any atom is -0.256 e. The van der Waals surface area contributed by atoms with Gasteiger partial charge in [-0.05, 0) is 67.1 Å². The van der Waals surface area contributed by atoms with E-state index < -0.39 is 0 Å². The second-order valence-electron chi connectivity index (χ2n) is 10.0. The Labute approximate surface area is 197 Å². The SMILES string of the molecule is C=CCC(c1ccc(-c2ccc(CCCCC)cn2)cc1)[C@H]1CC[C@H](CCCCC)CC1. The number of pyridine rings is 1. The zero-order valence-electron chi connectivity index (χ0n) is 20.7. The molecule has 174 valence electrons. The van der Waals surface area contributed by atoms with Crippen molar-refractivity contribution < 1.29 is 0 Å². The fraction of sp³-hybridized carbons (Fsp3) is 0.581. The van der Waals surface area contributed by atoms with Crippen molar-refractivity contribution in [3.8, 4) is 11.3 Å². The third-order valence-electron chi connectivity index (χ3n) is 7.63. The highest BCUT2D eigenvalue weighted by molar-refractivity contribution is 5.59. The summed E-state index contributed by atoms with van der Waals surface area (Å²) < 4.78 is 0. The lowest BCUT2D eigenvalue weighted by molar-refractivity contribution is 0.230. The fourth-order valence-electron chi connectivity index (χ4n) is 5.57. The molecule has 0 N–H and O–H groups in total. The molecule has 1 heteroatoms. The van der Waals surface area contributed by atoms with Crippen LogP contribution in [0, 0.1) is 11.8 Å². The molecule has 1 aliphatic rings. The lowest BCUT2D eigenvalue weighted by Crippen LogP contribution is -2.20. The monoisotopic (exact) mass is 431 g/mol. The number of allylic oxidation sites excluding steroid dienone is 1. The van der Waals surface area contributed by atoms with Gasteiger partial charge in [-0.3, -0.25) is 4.98 Å². The molecule has 1 saturated carbocycles. The molecule has 2 aromatic rings.